The molecule has 0 aliphatic rings. The highest BCUT2D eigenvalue weighted by Gasteiger charge is 2.08. The van der Waals surface area contributed by atoms with Gasteiger partial charge in [-0.3, -0.25) is 4.79 Å². The van der Waals surface area contributed by atoms with Gasteiger partial charge in [0.05, 0.1) is 6.33 Å². The molecule has 3 aromatic heterocycles. The monoisotopic (exact) mass is 338 g/mol. The van der Waals surface area contributed by atoms with E-state index in [1.807, 2.05) is 38.6 Å². The van der Waals surface area contributed by atoms with Gasteiger partial charge in [0.25, 0.3) is 5.56 Å². The van der Waals surface area contributed by atoms with Gasteiger partial charge in [0.15, 0.2) is 0 Å². The Morgan fingerprint density at radius 2 is 2.12 bits per heavy atom. The van der Waals surface area contributed by atoms with Crippen LogP contribution in [0.15, 0.2) is 41.8 Å². The lowest BCUT2D eigenvalue weighted by Gasteiger charge is -2.18. The van der Waals surface area contributed by atoms with Gasteiger partial charge >= 0.3 is 0 Å². The van der Waals surface area contributed by atoms with E-state index in [1.165, 1.54) is 0 Å². The van der Waals surface area contributed by atoms with E-state index in [0.717, 1.165) is 36.6 Å². The topological polar surface area (TPSA) is 79.7 Å². The molecule has 7 heteroatoms. The fourth-order valence-corrected chi connectivity index (χ4v) is 2.56. The number of H-pyrrole nitrogens is 1. The molecule has 0 bridgehead atoms. The highest BCUT2D eigenvalue weighted by Crippen LogP contribution is 2.17. The van der Waals surface area contributed by atoms with Crippen molar-refractivity contribution in [1.29, 1.82) is 0 Å². The zero-order valence-corrected chi connectivity index (χ0v) is 14.7. The Bertz CT molecular complexity index is 883. The van der Waals surface area contributed by atoms with Gasteiger partial charge in [-0.25, -0.2) is 15.0 Å². The third-order valence-electron chi connectivity index (χ3n) is 4.28. The van der Waals surface area contributed by atoms with E-state index in [4.69, 9.17) is 0 Å². The molecule has 7 nitrogen and oxygen atoms in total. The Balaban J connectivity index is 1.66. The largest absolute Gasteiger partial charge is 0.360 e. The number of hydrogen-bond donors (Lipinski definition) is 1. The molecular weight excluding hydrogens is 316 g/mol. The van der Waals surface area contributed by atoms with Crippen molar-refractivity contribution >= 4 is 5.82 Å². The van der Waals surface area contributed by atoms with Crippen molar-refractivity contribution in [3.8, 4) is 11.4 Å². The molecule has 0 amide bonds. The van der Waals surface area contributed by atoms with Crippen LogP contribution in [0.1, 0.15) is 17.7 Å². The molecule has 0 unspecified atom stereocenters. The summed E-state index contributed by atoms with van der Waals surface area (Å²) >= 11 is 0. The number of rotatable bonds is 6. The zero-order valence-electron chi connectivity index (χ0n) is 14.7. The maximum absolute atomic E-state index is 11.9. The number of anilines is 1. The quantitative estimate of drug-likeness (QED) is 0.745. The van der Waals surface area contributed by atoms with Gasteiger partial charge in [0, 0.05) is 55.5 Å². The Labute approximate surface area is 146 Å². The van der Waals surface area contributed by atoms with E-state index >= 15 is 0 Å². The van der Waals surface area contributed by atoms with Crippen LogP contribution in [0.2, 0.25) is 0 Å². The first kappa shape index (κ1) is 16.9. The summed E-state index contributed by atoms with van der Waals surface area (Å²) in [7, 11) is 2.02. The van der Waals surface area contributed by atoms with Crippen molar-refractivity contribution in [2.24, 2.45) is 0 Å². The van der Waals surface area contributed by atoms with E-state index in [2.05, 4.69) is 29.4 Å². The molecule has 0 radical (unpaired) electrons. The van der Waals surface area contributed by atoms with E-state index < -0.39 is 0 Å². The SMILES string of the molecule is Cc1nc(-c2ccc(N(C)CCCn3ccnc3)nc2)[nH]c(=O)c1C. The number of imidazole rings is 1. The Morgan fingerprint density at radius 1 is 1.28 bits per heavy atom. The molecule has 0 saturated heterocycles. The molecule has 3 aromatic rings. The van der Waals surface area contributed by atoms with Gasteiger partial charge in [0.1, 0.15) is 11.6 Å². The smallest absolute Gasteiger partial charge is 0.254 e. The summed E-state index contributed by atoms with van der Waals surface area (Å²) in [4.78, 5) is 29.8. The number of aromatic nitrogens is 5. The molecule has 130 valence electrons. The molecule has 0 aromatic carbocycles. The fraction of sp³-hybridized carbons (Fsp3) is 0.333. The number of aromatic amines is 1. The fourth-order valence-electron chi connectivity index (χ4n) is 2.56. The maximum Gasteiger partial charge on any atom is 0.254 e. The van der Waals surface area contributed by atoms with E-state index in [9.17, 15) is 4.79 Å². The summed E-state index contributed by atoms with van der Waals surface area (Å²) in [6.07, 6.45) is 8.32. The number of pyridine rings is 1. The minimum absolute atomic E-state index is 0.108. The van der Waals surface area contributed by atoms with Gasteiger partial charge < -0.3 is 14.5 Å². The van der Waals surface area contributed by atoms with Crippen LogP contribution in [0.25, 0.3) is 11.4 Å². The summed E-state index contributed by atoms with van der Waals surface area (Å²) in [6, 6.07) is 3.88. The van der Waals surface area contributed by atoms with Crippen LogP contribution in [-0.2, 0) is 6.54 Å². The van der Waals surface area contributed by atoms with Crippen LogP contribution in [0.5, 0.6) is 0 Å². The molecule has 3 rings (SSSR count). The lowest BCUT2D eigenvalue weighted by Crippen LogP contribution is -2.20. The second-order valence-corrected chi connectivity index (χ2v) is 6.11. The van der Waals surface area contributed by atoms with Crippen molar-refractivity contribution in [2.75, 3.05) is 18.5 Å². The van der Waals surface area contributed by atoms with E-state index in [0.29, 0.717) is 11.4 Å². The maximum atomic E-state index is 11.9. The molecule has 25 heavy (non-hydrogen) atoms. The Hall–Kier alpha value is -2.96. The number of aryl methyl sites for hydroxylation is 2. The summed E-state index contributed by atoms with van der Waals surface area (Å²) in [5.41, 5.74) is 2.07. The molecule has 0 aliphatic heterocycles. The summed E-state index contributed by atoms with van der Waals surface area (Å²) < 4.78 is 2.06. The highest BCUT2D eigenvalue weighted by atomic mass is 16.1. The predicted octanol–water partition coefficient (Wildman–Crippen LogP) is 2.17. The zero-order chi connectivity index (χ0) is 17.8. The summed E-state index contributed by atoms with van der Waals surface area (Å²) in [5.74, 6) is 1.44. The van der Waals surface area contributed by atoms with Gasteiger partial charge in [-0.15, -0.1) is 0 Å². The standard InChI is InChI=1S/C18H22N6O/c1-13-14(2)21-17(22-18(13)25)15-5-6-16(20-11-15)23(3)8-4-9-24-10-7-19-12-24/h5-7,10-12H,4,8-9H2,1-3H3,(H,21,22,25). The average Bonchev–Trinajstić information content (AvgIpc) is 3.12. The predicted molar refractivity (Wildman–Crippen MR) is 97.7 cm³/mol. The number of hydrogen-bond acceptors (Lipinski definition) is 5. The number of nitrogens with zero attached hydrogens (tertiary/aromatic N) is 5. The first-order chi connectivity index (χ1) is 12.0. The molecule has 0 saturated carbocycles. The first-order valence-corrected chi connectivity index (χ1v) is 8.25. The van der Waals surface area contributed by atoms with Crippen LogP contribution in [0.3, 0.4) is 0 Å². The third-order valence-corrected chi connectivity index (χ3v) is 4.28. The van der Waals surface area contributed by atoms with Crippen molar-refractivity contribution < 1.29 is 0 Å². The molecule has 0 spiro atoms. The molecule has 0 aliphatic carbocycles. The highest BCUT2D eigenvalue weighted by molar-refractivity contribution is 5.56. The lowest BCUT2D eigenvalue weighted by atomic mass is 10.2. The van der Waals surface area contributed by atoms with Gasteiger partial charge in [0.2, 0.25) is 0 Å². The lowest BCUT2D eigenvalue weighted by molar-refractivity contribution is 0.636. The second kappa shape index (κ2) is 7.29. The molecule has 1 N–H and O–H groups in total. The van der Waals surface area contributed by atoms with Crippen LogP contribution in [0.4, 0.5) is 5.82 Å². The van der Waals surface area contributed by atoms with Crippen molar-refractivity contribution in [1.82, 2.24) is 24.5 Å². The van der Waals surface area contributed by atoms with Crippen LogP contribution < -0.4 is 10.5 Å². The second-order valence-electron chi connectivity index (χ2n) is 6.11. The van der Waals surface area contributed by atoms with Crippen LogP contribution >= 0.6 is 0 Å². The number of nitrogens with one attached hydrogen (secondary N) is 1. The molecule has 3 heterocycles. The Kier molecular flexibility index (Phi) is 4.92. The minimum atomic E-state index is -0.108. The van der Waals surface area contributed by atoms with E-state index in [-0.39, 0.29) is 5.56 Å². The summed E-state index contributed by atoms with van der Waals surface area (Å²) in [5, 5.41) is 0. The Morgan fingerprint density at radius 3 is 2.76 bits per heavy atom. The normalized spacial score (nSPS) is 10.8. The van der Waals surface area contributed by atoms with Crippen molar-refractivity contribution in [3.05, 3.63) is 58.7 Å². The molecule has 0 fully saturated rings. The van der Waals surface area contributed by atoms with Crippen LogP contribution in [-0.4, -0.2) is 38.1 Å². The molecular formula is C18H22N6O. The third kappa shape index (κ3) is 3.93. The van der Waals surface area contributed by atoms with Gasteiger partial charge in [-0.1, -0.05) is 0 Å². The first-order valence-electron chi connectivity index (χ1n) is 8.25. The molecule has 0 atom stereocenters. The van der Waals surface area contributed by atoms with Crippen molar-refractivity contribution in [2.45, 2.75) is 26.8 Å². The van der Waals surface area contributed by atoms with Gasteiger partial charge in [-0.2, -0.15) is 0 Å². The minimum Gasteiger partial charge on any atom is -0.360 e. The van der Waals surface area contributed by atoms with Crippen molar-refractivity contribution in [3.63, 3.8) is 0 Å². The van der Waals surface area contributed by atoms with Gasteiger partial charge in [-0.05, 0) is 32.4 Å². The average molecular weight is 338 g/mol. The van der Waals surface area contributed by atoms with Crippen LogP contribution in [0, 0.1) is 13.8 Å². The van der Waals surface area contributed by atoms with E-state index in [1.54, 1.807) is 19.3 Å². The summed E-state index contributed by atoms with van der Waals surface area (Å²) in [6.45, 7) is 5.43.